The van der Waals surface area contributed by atoms with Crippen LogP contribution in [0.25, 0.3) is 0 Å². The molecule has 1 amide bonds. The molecule has 1 saturated carbocycles. The molecular formula is C12H21NO2S. The molecule has 4 heteroatoms. The average molecular weight is 243 g/mol. The summed E-state index contributed by atoms with van der Waals surface area (Å²) in [6.45, 7) is 2.11. The van der Waals surface area contributed by atoms with Crippen LogP contribution in [0.5, 0.6) is 0 Å². The summed E-state index contributed by atoms with van der Waals surface area (Å²) in [7, 11) is 0. The molecule has 92 valence electrons. The molecule has 2 aliphatic rings. The Bertz CT molecular complexity index is 268. The molecule has 0 bridgehead atoms. The van der Waals surface area contributed by atoms with Crippen LogP contribution in [0.3, 0.4) is 0 Å². The zero-order valence-corrected chi connectivity index (χ0v) is 10.7. The van der Waals surface area contributed by atoms with Gasteiger partial charge in [0.15, 0.2) is 0 Å². The number of amides is 1. The Hall–Kier alpha value is -0.220. The lowest BCUT2D eigenvalue weighted by atomic mass is 9.96. The van der Waals surface area contributed by atoms with E-state index in [4.69, 9.17) is 0 Å². The van der Waals surface area contributed by atoms with E-state index in [9.17, 15) is 9.90 Å². The molecule has 1 unspecified atom stereocenters. The van der Waals surface area contributed by atoms with Crippen molar-refractivity contribution < 1.29 is 9.90 Å². The van der Waals surface area contributed by atoms with Crippen LogP contribution in [0.2, 0.25) is 0 Å². The zero-order valence-electron chi connectivity index (χ0n) is 9.92. The predicted molar refractivity (Wildman–Crippen MR) is 66.5 cm³/mol. The van der Waals surface area contributed by atoms with Gasteiger partial charge in [0.05, 0.1) is 16.9 Å². The number of hydrogen-bond donors (Lipinski definition) is 2. The minimum atomic E-state index is -0.316. The largest absolute Gasteiger partial charge is 0.394 e. The molecule has 3 nitrogen and oxygen atoms in total. The van der Waals surface area contributed by atoms with E-state index in [2.05, 4.69) is 5.32 Å². The highest BCUT2D eigenvalue weighted by atomic mass is 32.2. The number of thioether (sulfide) groups is 1. The lowest BCUT2D eigenvalue weighted by Gasteiger charge is -2.32. The Kier molecular flexibility index (Phi) is 3.50. The van der Waals surface area contributed by atoms with Crippen LogP contribution >= 0.6 is 11.8 Å². The van der Waals surface area contributed by atoms with E-state index >= 15 is 0 Å². The normalized spacial score (nSPS) is 32.9. The summed E-state index contributed by atoms with van der Waals surface area (Å²) in [5, 5.41) is 12.6. The van der Waals surface area contributed by atoms with Gasteiger partial charge in [-0.3, -0.25) is 4.79 Å². The van der Waals surface area contributed by atoms with Crippen LogP contribution in [0.4, 0.5) is 0 Å². The topological polar surface area (TPSA) is 49.3 Å². The molecule has 0 spiro atoms. The molecule has 1 aliphatic heterocycles. The first-order valence-corrected chi connectivity index (χ1v) is 7.16. The Balaban J connectivity index is 2.00. The maximum Gasteiger partial charge on any atom is 0.236 e. The fourth-order valence-electron chi connectivity index (χ4n) is 2.71. The summed E-state index contributed by atoms with van der Waals surface area (Å²) in [6, 6.07) is 0. The van der Waals surface area contributed by atoms with Crippen molar-refractivity contribution in [1.82, 2.24) is 5.32 Å². The highest BCUT2D eigenvalue weighted by molar-refractivity contribution is 8.01. The van der Waals surface area contributed by atoms with Crippen molar-refractivity contribution in [3.05, 3.63) is 0 Å². The van der Waals surface area contributed by atoms with Crippen LogP contribution in [0.1, 0.15) is 45.4 Å². The smallest absolute Gasteiger partial charge is 0.236 e. The molecule has 2 N–H and O–H groups in total. The predicted octanol–water partition coefficient (Wildman–Crippen LogP) is 1.69. The molecule has 0 aromatic heterocycles. The third-order valence-electron chi connectivity index (χ3n) is 3.94. The molecule has 1 heterocycles. The highest BCUT2D eigenvalue weighted by Crippen LogP contribution is 2.39. The zero-order chi connectivity index (χ0) is 11.6. The minimum absolute atomic E-state index is 0.0828. The molecule has 0 aromatic rings. The summed E-state index contributed by atoms with van der Waals surface area (Å²) in [6.07, 6.45) is 6.17. The molecule has 1 aliphatic carbocycles. The van der Waals surface area contributed by atoms with Crippen LogP contribution in [-0.2, 0) is 4.79 Å². The second kappa shape index (κ2) is 4.57. The van der Waals surface area contributed by atoms with Crippen molar-refractivity contribution in [2.24, 2.45) is 0 Å². The molecule has 16 heavy (non-hydrogen) atoms. The van der Waals surface area contributed by atoms with Crippen molar-refractivity contribution in [1.29, 1.82) is 0 Å². The number of carbonyl (C=O) groups excluding carboxylic acids is 1. The maximum atomic E-state index is 12.2. The van der Waals surface area contributed by atoms with E-state index in [1.807, 2.05) is 6.92 Å². The van der Waals surface area contributed by atoms with E-state index in [0.29, 0.717) is 0 Å². The third kappa shape index (κ3) is 2.23. The third-order valence-corrected chi connectivity index (χ3v) is 5.46. The molecule has 0 aromatic carbocycles. The number of nitrogens with one attached hydrogen (secondary N) is 1. The van der Waals surface area contributed by atoms with Crippen LogP contribution in [-0.4, -0.2) is 33.7 Å². The fraction of sp³-hybridized carbons (Fsp3) is 0.917. The van der Waals surface area contributed by atoms with Gasteiger partial charge in [-0.05, 0) is 38.4 Å². The van der Waals surface area contributed by atoms with Crippen molar-refractivity contribution in [3.63, 3.8) is 0 Å². The van der Waals surface area contributed by atoms with E-state index in [1.54, 1.807) is 11.8 Å². The second-order valence-electron chi connectivity index (χ2n) is 5.28. The minimum Gasteiger partial charge on any atom is -0.394 e. The van der Waals surface area contributed by atoms with Crippen molar-refractivity contribution in [2.75, 3.05) is 12.4 Å². The van der Waals surface area contributed by atoms with Crippen molar-refractivity contribution >= 4 is 17.7 Å². The molecule has 1 atom stereocenters. The van der Waals surface area contributed by atoms with E-state index in [1.165, 1.54) is 0 Å². The molecule has 2 fully saturated rings. The molecule has 2 rings (SSSR count). The first-order chi connectivity index (χ1) is 7.60. The van der Waals surface area contributed by atoms with Gasteiger partial charge in [0.25, 0.3) is 0 Å². The van der Waals surface area contributed by atoms with Crippen molar-refractivity contribution in [3.8, 4) is 0 Å². The van der Waals surface area contributed by atoms with Gasteiger partial charge in [-0.1, -0.05) is 12.8 Å². The number of carbonyl (C=O) groups is 1. The number of aliphatic hydroxyl groups is 1. The fourth-order valence-corrected chi connectivity index (χ4v) is 3.92. The van der Waals surface area contributed by atoms with E-state index < -0.39 is 0 Å². The van der Waals surface area contributed by atoms with Gasteiger partial charge < -0.3 is 10.4 Å². The van der Waals surface area contributed by atoms with Gasteiger partial charge in [0, 0.05) is 0 Å². The summed E-state index contributed by atoms with van der Waals surface area (Å²) < 4.78 is -0.259. The SMILES string of the molecule is CC1(C(=O)NC2(CO)CCCC2)CCCS1. The van der Waals surface area contributed by atoms with Gasteiger partial charge in [-0.15, -0.1) is 11.8 Å². The van der Waals surface area contributed by atoms with Crippen LogP contribution < -0.4 is 5.32 Å². The quantitative estimate of drug-likeness (QED) is 0.793. The van der Waals surface area contributed by atoms with Gasteiger partial charge in [0.2, 0.25) is 5.91 Å². The molecule has 0 radical (unpaired) electrons. The number of hydrogen-bond acceptors (Lipinski definition) is 3. The van der Waals surface area contributed by atoms with Gasteiger partial charge >= 0.3 is 0 Å². The Morgan fingerprint density at radius 1 is 1.31 bits per heavy atom. The average Bonchev–Trinajstić information content (AvgIpc) is 2.89. The second-order valence-corrected chi connectivity index (χ2v) is 6.88. The maximum absolute atomic E-state index is 12.2. The van der Waals surface area contributed by atoms with E-state index in [0.717, 1.165) is 44.3 Å². The van der Waals surface area contributed by atoms with Crippen LogP contribution in [0, 0.1) is 0 Å². The number of rotatable bonds is 3. The van der Waals surface area contributed by atoms with Gasteiger partial charge in [-0.25, -0.2) is 0 Å². The summed E-state index contributed by atoms with van der Waals surface area (Å²) in [5.74, 6) is 1.21. The molecule has 1 saturated heterocycles. The van der Waals surface area contributed by atoms with Crippen molar-refractivity contribution in [2.45, 2.75) is 55.7 Å². The highest BCUT2D eigenvalue weighted by Gasteiger charge is 2.42. The summed E-state index contributed by atoms with van der Waals surface area (Å²) >= 11 is 1.75. The van der Waals surface area contributed by atoms with Gasteiger partial charge in [-0.2, -0.15) is 0 Å². The first kappa shape index (κ1) is 12.2. The Labute approximate surface area is 101 Å². The standard InChI is InChI=1S/C12H21NO2S/c1-11(5-4-8-16-11)10(15)13-12(9-14)6-2-3-7-12/h14H,2-9H2,1H3,(H,13,15). The monoisotopic (exact) mass is 243 g/mol. The summed E-state index contributed by atoms with van der Waals surface area (Å²) in [4.78, 5) is 12.2. The van der Waals surface area contributed by atoms with E-state index in [-0.39, 0.29) is 22.8 Å². The molecular weight excluding hydrogens is 222 g/mol. The Morgan fingerprint density at radius 2 is 2.00 bits per heavy atom. The number of aliphatic hydroxyl groups excluding tert-OH is 1. The van der Waals surface area contributed by atoms with Crippen LogP contribution in [0.15, 0.2) is 0 Å². The Morgan fingerprint density at radius 3 is 2.50 bits per heavy atom. The summed E-state index contributed by atoms with van der Waals surface area (Å²) in [5.41, 5.74) is -0.316. The first-order valence-electron chi connectivity index (χ1n) is 6.18. The lowest BCUT2D eigenvalue weighted by molar-refractivity contribution is -0.125. The lowest BCUT2D eigenvalue weighted by Crippen LogP contribution is -2.54. The van der Waals surface area contributed by atoms with Gasteiger partial charge in [0.1, 0.15) is 0 Å².